The van der Waals surface area contributed by atoms with Crippen molar-refractivity contribution in [3.8, 4) is 0 Å². The van der Waals surface area contributed by atoms with Crippen LogP contribution in [-0.4, -0.2) is 41.1 Å². The number of aliphatic imine (C=N–C) groups is 1. The Hall–Kier alpha value is -3.55. The van der Waals surface area contributed by atoms with Gasteiger partial charge in [0.1, 0.15) is 11.5 Å². The fourth-order valence-corrected chi connectivity index (χ4v) is 5.18. The zero-order valence-corrected chi connectivity index (χ0v) is 21.4. The molecule has 0 fully saturated rings. The maximum absolute atomic E-state index is 13.3. The van der Waals surface area contributed by atoms with E-state index in [1.54, 1.807) is 35.4 Å². The molecule has 0 spiro atoms. The second-order valence-electron chi connectivity index (χ2n) is 9.12. The van der Waals surface area contributed by atoms with Crippen molar-refractivity contribution in [3.05, 3.63) is 99.1 Å². The Morgan fingerprint density at radius 3 is 2.73 bits per heavy atom. The third kappa shape index (κ3) is 5.43. The molecular weight excluding hydrogens is 513 g/mol. The molecule has 2 amide bonds. The molecule has 0 radical (unpaired) electrons. The van der Waals surface area contributed by atoms with Gasteiger partial charge < -0.3 is 19.7 Å². The Labute approximate surface area is 224 Å². The molecule has 2 atom stereocenters. The Kier molecular flexibility index (Phi) is 7.35. The van der Waals surface area contributed by atoms with Crippen LogP contribution in [0.4, 0.5) is 10.5 Å². The van der Waals surface area contributed by atoms with Gasteiger partial charge in [-0.15, -0.1) is 0 Å². The lowest BCUT2D eigenvalue weighted by atomic mass is 9.86. The van der Waals surface area contributed by atoms with Gasteiger partial charge >= 0.3 is 6.03 Å². The third-order valence-corrected chi connectivity index (χ3v) is 7.51. The van der Waals surface area contributed by atoms with E-state index in [-0.39, 0.29) is 48.1 Å². The van der Waals surface area contributed by atoms with Gasteiger partial charge in [-0.05, 0) is 47.9 Å². The van der Waals surface area contributed by atoms with Crippen molar-refractivity contribution in [3.63, 3.8) is 0 Å². The molecule has 1 aromatic heterocycles. The quantitative estimate of drug-likeness (QED) is 0.352. The summed E-state index contributed by atoms with van der Waals surface area (Å²) in [6.45, 7) is 0.736. The molecule has 5 rings (SSSR count). The topological polar surface area (TPSA) is 95.1 Å². The minimum absolute atomic E-state index is 0.000314. The van der Waals surface area contributed by atoms with E-state index in [1.807, 2.05) is 30.3 Å². The van der Waals surface area contributed by atoms with E-state index in [0.717, 1.165) is 11.1 Å². The first-order chi connectivity index (χ1) is 17.9. The molecule has 1 aliphatic carbocycles. The maximum Gasteiger partial charge on any atom is 0.322 e. The van der Waals surface area contributed by atoms with E-state index in [4.69, 9.17) is 27.6 Å². The van der Waals surface area contributed by atoms with Crippen LogP contribution in [-0.2, 0) is 11.2 Å². The minimum atomic E-state index is -0.346. The molecule has 2 heterocycles. The molecular formula is C28H25Cl2N3O4. The number of allylic oxidation sites excluding steroid dienone is 2. The van der Waals surface area contributed by atoms with E-state index in [0.29, 0.717) is 40.9 Å². The number of furan rings is 1. The highest BCUT2D eigenvalue weighted by atomic mass is 35.5. The first-order valence-corrected chi connectivity index (χ1v) is 12.8. The highest BCUT2D eigenvalue weighted by molar-refractivity contribution is 6.42. The summed E-state index contributed by atoms with van der Waals surface area (Å²) in [6, 6.07) is 15.8. The number of aliphatic hydroxyl groups excluding tert-OH is 1. The molecule has 0 bridgehead atoms. The number of rotatable bonds is 5. The first-order valence-electron chi connectivity index (χ1n) is 12.0. The fraction of sp³-hybridized carbons (Fsp3) is 0.250. The van der Waals surface area contributed by atoms with E-state index in [1.165, 1.54) is 6.21 Å². The lowest BCUT2D eigenvalue weighted by molar-refractivity contribution is -0.116. The molecule has 2 N–H and O–H groups in total. The normalized spacial score (nSPS) is 19.8. The van der Waals surface area contributed by atoms with Crippen molar-refractivity contribution in [1.29, 1.82) is 0 Å². The van der Waals surface area contributed by atoms with Crippen LogP contribution >= 0.6 is 23.2 Å². The Bertz CT molecular complexity index is 1380. The Morgan fingerprint density at radius 2 is 1.97 bits per heavy atom. The van der Waals surface area contributed by atoms with Gasteiger partial charge in [0.15, 0.2) is 5.78 Å². The monoisotopic (exact) mass is 537 g/mol. The van der Waals surface area contributed by atoms with Crippen LogP contribution in [0.3, 0.4) is 0 Å². The van der Waals surface area contributed by atoms with Gasteiger partial charge in [0, 0.05) is 37.2 Å². The SMILES string of the molecule is O=C1CC(c2ccco2)CC(O)=C1C=NCC1c2ccccc2CCN1C(=O)Nc1ccc(Cl)c(Cl)c1. The van der Waals surface area contributed by atoms with Crippen LogP contribution in [0.25, 0.3) is 0 Å². The summed E-state index contributed by atoms with van der Waals surface area (Å²) in [5, 5.41) is 14.2. The zero-order chi connectivity index (χ0) is 25.9. The number of aliphatic hydroxyl groups is 1. The molecule has 2 aromatic carbocycles. The largest absolute Gasteiger partial charge is 0.511 e. The highest BCUT2D eigenvalue weighted by Gasteiger charge is 2.32. The van der Waals surface area contributed by atoms with Gasteiger partial charge in [-0.3, -0.25) is 9.79 Å². The second-order valence-corrected chi connectivity index (χ2v) is 9.93. The number of hydrogen-bond donors (Lipinski definition) is 2. The number of nitrogens with zero attached hydrogens (tertiary/aromatic N) is 2. The maximum atomic E-state index is 13.3. The summed E-state index contributed by atoms with van der Waals surface area (Å²) in [4.78, 5) is 32.3. The fourth-order valence-electron chi connectivity index (χ4n) is 4.89. The van der Waals surface area contributed by atoms with Gasteiger partial charge in [0.2, 0.25) is 0 Å². The number of nitrogens with one attached hydrogen (secondary N) is 1. The molecule has 7 nitrogen and oxygen atoms in total. The highest BCUT2D eigenvalue weighted by Crippen LogP contribution is 2.34. The Morgan fingerprint density at radius 1 is 1.14 bits per heavy atom. The molecule has 2 aliphatic rings. The van der Waals surface area contributed by atoms with E-state index in [2.05, 4.69) is 10.3 Å². The average molecular weight is 538 g/mol. The summed E-state index contributed by atoms with van der Waals surface area (Å²) in [5.41, 5.74) is 2.90. The van der Waals surface area contributed by atoms with Crippen molar-refractivity contribution in [1.82, 2.24) is 4.90 Å². The number of halogens is 2. The third-order valence-electron chi connectivity index (χ3n) is 6.77. The number of urea groups is 1. The lowest BCUT2D eigenvalue weighted by Gasteiger charge is -2.36. The number of amides is 2. The Balaban J connectivity index is 1.35. The summed E-state index contributed by atoms with van der Waals surface area (Å²) in [5.74, 6) is 0.301. The number of anilines is 1. The molecule has 9 heteroatoms. The van der Waals surface area contributed by atoms with Crippen LogP contribution in [0, 0.1) is 0 Å². The molecule has 0 saturated carbocycles. The first kappa shape index (κ1) is 25.1. The van der Waals surface area contributed by atoms with Crippen molar-refractivity contribution >= 4 is 46.9 Å². The molecule has 1 aliphatic heterocycles. The summed E-state index contributed by atoms with van der Waals surface area (Å²) in [7, 11) is 0. The van der Waals surface area contributed by atoms with Crippen LogP contribution in [0.2, 0.25) is 10.0 Å². The van der Waals surface area contributed by atoms with E-state index < -0.39 is 0 Å². The van der Waals surface area contributed by atoms with E-state index >= 15 is 0 Å². The zero-order valence-electron chi connectivity index (χ0n) is 19.9. The van der Waals surface area contributed by atoms with Crippen molar-refractivity contribution in [2.45, 2.75) is 31.2 Å². The van der Waals surface area contributed by atoms with Gasteiger partial charge in [0.05, 0.1) is 34.5 Å². The summed E-state index contributed by atoms with van der Waals surface area (Å²) in [6.07, 6.45) is 4.25. The summed E-state index contributed by atoms with van der Waals surface area (Å²) >= 11 is 12.1. The van der Waals surface area contributed by atoms with Crippen molar-refractivity contribution < 1.29 is 19.1 Å². The molecule has 3 aromatic rings. The van der Waals surface area contributed by atoms with Crippen LogP contribution in [0.5, 0.6) is 0 Å². The molecule has 37 heavy (non-hydrogen) atoms. The van der Waals surface area contributed by atoms with Crippen LogP contribution < -0.4 is 5.32 Å². The van der Waals surface area contributed by atoms with Gasteiger partial charge in [0.25, 0.3) is 0 Å². The number of ketones is 1. The minimum Gasteiger partial charge on any atom is -0.511 e. The number of carbonyl (C=O) groups is 2. The number of benzene rings is 2. The van der Waals surface area contributed by atoms with Gasteiger partial charge in [-0.25, -0.2) is 4.79 Å². The predicted octanol–water partition coefficient (Wildman–Crippen LogP) is 6.75. The predicted molar refractivity (Wildman–Crippen MR) is 144 cm³/mol. The number of fused-ring (bicyclic) bond motifs is 1. The van der Waals surface area contributed by atoms with Gasteiger partial charge in [-0.2, -0.15) is 0 Å². The molecule has 190 valence electrons. The number of carbonyl (C=O) groups excluding carboxylic acids is 2. The lowest BCUT2D eigenvalue weighted by Crippen LogP contribution is -2.43. The average Bonchev–Trinajstić information content (AvgIpc) is 3.43. The van der Waals surface area contributed by atoms with Crippen LogP contribution in [0.1, 0.15) is 41.7 Å². The van der Waals surface area contributed by atoms with Crippen molar-refractivity contribution in [2.24, 2.45) is 4.99 Å². The molecule has 0 saturated heterocycles. The summed E-state index contributed by atoms with van der Waals surface area (Å²) < 4.78 is 5.41. The van der Waals surface area contributed by atoms with Crippen molar-refractivity contribution in [2.75, 3.05) is 18.4 Å². The van der Waals surface area contributed by atoms with E-state index in [9.17, 15) is 14.7 Å². The van der Waals surface area contributed by atoms with Crippen LogP contribution in [0.15, 0.2) is 81.6 Å². The smallest absolute Gasteiger partial charge is 0.322 e. The second kappa shape index (κ2) is 10.8. The number of hydrogen-bond acceptors (Lipinski definition) is 5. The molecule has 2 unspecified atom stereocenters. The number of Topliss-reactive ketones (excluding diaryl/α,β-unsaturated/α-hetero) is 1. The standard InChI is InChI=1S/C28H25Cl2N3O4/c29-22-8-7-19(14-23(22)30)32-28(36)33-10-9-17-4-1-2-5-20(17)24(33)16-31-15-21-25(34)12-18(13-26(21)35)27-6-3-11-37-27/h1-8,11,14-15,18,24,34H,9-10,12-13,16H2,(H,32,36). The van der Waals surface area contributed by atoms with Gasteiger partial charge in [-0.1, -0.05) is 47.5 Å².